The zero-order chi connectivity index (χ0) is 11.6. The Morgan fingerprint density at radius 1 is 1.50 bits per heavy atom. The summed E-state index contributed by atoms with van der Waals surface area (Å²) in [5.41, 5.74) is 5.54. The number of nitrogens with zero attached hydrogens (tertiary/aromatic N) is 1. The fourth-order valence-corrected chi connectivity index (χ4v) is 2.71. The average Bonchev–Trinajstić information content (AvgIpc) is 2.26. The second-order valence-corrected chi connectivity index (χ2v) is 5.22. The van der Waals surface area contributed by atoms with E-state index in [1.165, 1.54) is 0 Å². The number of amides is 1. The van der Waals surface area contributed by atoms with Gasteiger partial charge in [0.2, 0.25) is 5.91 Å². The van der Waals surface area contributed by atoms with Crippen LogP contribution < -0.4 is 5.73 Å². The molecule has 1 saturated heterocycles. The molecule has 0 bridgehead atoms. The molecule has 0 aromatic carbocycles. The second kappa shape index (κ2) is 4.72. The van der Waals surface area contributed by atoms with Crippen LogP contribution >= 0.6 is 0 Å². The van der Waals surface area contributed by atoms with Gasteiger partial charge in [-0.25, -0.2) is 0 Å². The number of piperidine rings is 1. The summed E-state index contributed by atoms with van der Waals surface area (Å²) in [5, 5.41) is 0. The normalized spacial score (nSPS) is 28.6. The fourth-order valence-electron chi connectivity index (χ4n) is 2.71. The van der Waals surface area contributed by atoms with Gasteiger partial charge in [0.05, 0.1) is 12.1 Å². The van der Waals surface area contributed by atoms with Crippen molar-refractivity contribution in [2.75, 3.05) is 26.8 Å². The van der Waals surface area contributed by atoms with Gasteiger partial charge < -0.3 is 15.4 Å². The zero-order valence-electron chi connectivity index (χ0n) is 10.1. The standard InChI is InChI=1S/C12H22N2O2/c1-16-9-10-4-2-7-14(8-10)11(15)12(13)5-3-6-12/h10H,2-9,13H2,1H3. The van der Waals surface area contributed by atoms with Crippen molar-refractivity contribution in [3.8, 4) is 0 Å². The molecule has 4 nitrogen and oxygen atoms in total. The maximum absolute atomic E-state index is 12.2. The van der Waals surface area contributed by atoms with Crippen molar-refractivity contribution in [1.82, 2.24) is 4.90 Å². The Morgan fingerprint density at radius 3 is 2.81 bits per heavy atom. The highest BCUT2D eigenvalue weighted by Gasteiger charge is 2.43. The third-order valence-electron chi connectivity index (χ3n) is 3.88. The lowest BCUT2D eigenvalue weighted by Crippen LogP contribution is -2.61. The van der Waals surface area contributed by atoms with E-state index in [9.17, 15) is 4.79 Å². The number of ether oxygens (including phenoxy) is 1. The van der Waals surface area contributed by atoms with Crippen LogP contribution in [0.15, 0.2) is 0 Å². The van der Waals surface area contributed by atoms with Crippen molar-refractivity contribution >= 4 is 5.91 Å². The first kappa shape index (κ1) is 11.9. The van der Waals surface area contributed by atoms with E-state index in [1.54, 1.807) is 7.11 Å². The topological polar surface area (TPSA) is 55.6 Å². The molecule has 1 aliphatic carbocycles. The number of hydrogen-bond acceptors (Lipinski definition) is 3. The molecule has 4 heteroatoms. The highest BCUT2D eigenvalue weighted by atomic mass is 16.5. The fraction of sp³-hybridized carbons (Fsp3) is 0.917. The summed E-state index contributed by atoms with van der Waals surface area (Å²) >= 11 is 0. The van der Waals surface area contributed by atoms with Crippen LogP contribution in [0.5, 0.6) is 0 Å². The monoisotopic (exact) mass is 226 g/mol. The number of carbonyl (C=O) groups excluding carboxylic acids is 1. The van der Waals surface area contributed by atoms with Crippen LogP contribution in [0, 0.1) is 5.92 Å². The summed E-state index contributed by atoms with van der Waals surface area (Å²) < 4.78 is 5.17. The summed E-state index contributed by atoms with van der Waals surface area (Å²) in [6, 6.07) is 0. The number of carbonyl (C=O) groups is 1. The summed E-state index contributed by atoms with van der Waals surface area (Å²) in [7, 11) is 1.72. The first-order valence-electron chi connectivity index (χ1n) is 6.23. The van der Waals surface area contributed by atoms with Gasteiger partial charge in [-0.2, -0.15) is 0 Å². The molecular formula is C12H22N2O2. The molecule has 1 atom stereocenters. The molecule has 1 aliphatic heterocycles. The molecule has 2 aliphatic rings. The molecule has 16 heavy (non-hydrogen) atoms. The predicted octanol–water partition coefficient (Wildman–Crippen LogP) is 0.753. The summed E-state index contributed by atoms with van der Waals surface area (Å²) in [6.07, 6.45) is 5.05. The number of rotatable bonds is 3. The van der Waals surface area contributed by atoms with Crippen molar-refractivity contribution < 1.29 is 9.53 Å². The molecule has 1 unspecified atom stereocenters. The highest BCUT2D eigenvalue weighted by Crippen LogP contribution is 2.32. The van der Waals surface area contributed by atoms with E-state index in [-0.39, 0.29) is 5.91 Å². The van der Waals surface area contributed by atoms with Crippen LogP contribution in [0.2, 0.25) is 0 Å². The minimum atomic E-state index is -0.533. The van der Waals surface area contributed by atoms with E-state index in [0.717, 1.165) is 51.8 Å². The van der Waals surface area contributed by atoms with Crippen molar-refractivity contribution in [2.45, 2.75) is 37.6 Å². The Morgan fingerprint density at radius 2 is 2.25 bits per heavy atom. The molecule has 1 amide bonds. The second-order valence-electron chi connectivity index (χ2n) is 5.22. The van der Waals surface area contributed by atoms with E-state index in [0.29, 0.717) is 5.92 Å². The van der Waals surface area contributed by atoms with E-state index in [1.807, 2.05) is 4.90 Å². The molecule has 92 valence electrons. The maximum Gasteiger partial charge on any atom is 0.242 e. The molecule has 2 rings (SSSR count). The van der Waals surface area contributed by atoms with Gasteiger partial charge in [0.1, 0.15) is 0 Å². The lowest BCUT2D eigenvalue weighted by molar-refractivity contribution is -0.142. The number of likely N-dealkylation sites (tertiary alicyclic amines) is 1. The molecule has 2 N–H and O–H groups in total. The van der Waals surface area contributed by atoms with E-state index in [4.69, 9.17) is 10.5 Å². The first-order chi connectivity index (χ1) is 7.65. The van der Waals surface area contributed by atoms with Gasteiger partial charge in [0, 0.05) is 20.2 Å². The van der Waals surface area contributed by atoms with Gasteiger partial charge in [-0.1, -0.05) is 0 Å². The summed E-state index contributed by atoms with van der Waals surface area (Å²) in [5.74, 6) is 0.658. The first-order valence-corrected chi connectivity index (χ1v) is 6.23. The SMILES string of the molecule is COCC1CCCN(C(=O)C2(N)CCC2)C1. The molecule has 1 heterocycles. The van der Waals surface area contributed by atoms with Gasteiger partial charge in [0.15, 0.2) is 0 Å². The minimum absolute atomic E-state index is 0.166. The molecule has 0 aromatic rings. The third kappa shape index (κ3) is 2.23. The number of nitrogens with two attached hydrogens (primary N) is 1. The van der Waals surface area contributed by atoms with Gasteiger partial charge >= 0.3 is 0 Å². The van der Waals surface area contributed by atoms with Crippen molar-refractivity contribution in [2.24, 2.45) is 11.7 Å². The Bertz CT molecular complexity index is 262. The zero-order valence-corrected chi connectivity index (χ0v) is 10.1. The minimum Gasteiger partial charge on any atom is -0.384 e. The van der Waals surface area contributed by atoms with Crippen LogP contribution in [0.4, 0.5) is 0 Å². The van der Waals surface area contributed by atoms with Crippen LogP contribution in [0.25, 0.3) is 0 Å². The molecular weight excluding hydrogens is 204 g/mol. The lowest BCUT2D eigenvalue weighted by atomic mass is 9.76. The smallest absolute Gasteiger partial charge is 0.242 e. The number of methoxy groups -OCH3 is 1. The summed E-state index contributed by atoms with van der Waals surface area (Å²) in [6.45, 7) is 2.45. The quantitative estimate of drug-likeness (QED) is 0.772. The Balaban J connectivity index is 1.91. The highest BCUT2D eigenvalue weighted by molar-refractivity contribution is 5.87. The summed E-state index contributed by atoms with van der Waals surface area (Å²) in [4.78, 5) is 14.2. The molecule has 0 spiro atoms. The molecule has 0 aromatic heterocycles. The predicted molar refractivity (Wildman–Crippen MR) is 61.9 cm³/mol. The van der Waals surface area contributed by atoms with Gasteiger partial charge in [-0.05, 0) is 38.0 Å². The molecule has 2 fully saturated rings. The van der Waals surface area contributed by atoms with Crippen molar-refractivity contribution in [3.63, 3.8) is 0 Å². The number of hydrogen-bond donors (Lipinski definition) is 1. The van der Waals surface area contributed by atoms with Crippen LogP contribution in [-0.4, -0.2) is 43.2 Å². The van der Waals surface area contributed by atoms with E-state index >= 15 is 0 Å². The largest absolute Gasteiger partial charge is 0.384 e. The van der Waals surface area contributed by atoms with Crippen molar-refractivity contribution in [1.29, 1.82) is 0 Å². The van der Waals surface area contributed by atoms with Crippen LogP contribution in [0.3, 0.4) is 0 Å². The van der Waals surface area contributed by atoms with Crippen molar-refractivity contribution in [3.05, 3.63) is 0 Å². The maximum atomic E-state index is 12.2. The Kier molecular flexibility index (Phi) is 3.50. The average molecular weight is 226 g/mol. The Labute approximate surface area is 97.1 Å². The van der Waals surface area contributed by atoms with Gasteiger partial charge in [0.25, 0.3) is 0 Å². The van der Waals surface area contributed by atoms with Crippen LogP contribution in [0.1, 0.15) is 32.1 Å². The molecule has 0 radical (unpaired) electrons. The van der Waals surface area contributed by atoms with Gasteiger partial charge in [-0.3, -0.25) is 4.79 Å². The van der Waals surface area contributed by atoms with E-state index in [2.05, 4.69) is 0 Å². The Hall–Kier alpha value is -0.610. The molecule has 1 saturated carbocycles. The van der Waals surface area contributed by atoms with Crippen LogP contribution in [-0.2, 0) is 9.53 Å². The third-order valence-corrected chi connectivity index (χ3v) is 3.88. The lowest BCUT2D eigenvalue weighted by Gasteiger charge is -2.43. The van der Waals surface area contributed by atoms with Gasteiger partial charge in [-0.15, -0.1) is 0 Å². The van der Waals surface area contributed by atoms with E-state index < -0.39 is 5.54 Å².